The number of nitrogens with one attached hydrogen (secondary N) is 1. The summed E-state index contributed by atoms with van der Waals surface area (Å²) < 4.78 is 0. The number of nitrogens with zero attached hydrogens (tertiary/aromatic N) is 4. The van der Waals surface area contributed by atoms with Gasteiger partial charge in [0.05, 0.1) is 0 Å². The van der Waals surface area contributed by atoms with Crippen LogP contribution in [0.3, 0.4) is 0 Å². The Hall–Kier alpha value is -3.01. The van der Waals surface area contributed by atoms with Gasteiger partial charge < -0.3 is 24.9 Å². The van der Waals surface area contributed by atoms with Gasteiger partial charge in [-0.05, 0) is 61.9 Å². The zero-order valence-corrected chi connectivity index (χ0v) is 24.5. The molecule has 3 aliphatic rings. The average molecular weight is 589 g/mol. The predicted octanol–water partition coefficient (Wildman–Crippen LogP) is 5.37. The Morgan fingerprint density at radius 3 is 2.33 bits per heavy atom. The molecule has 0 radical (unpaired) electrons. The first-order valence-electron chi connectivity index (χ1n) is 13.7. The molecule has 4 amide bonds. The molecule has 2 aliphatic heterocycles. The van der Waals surface area contributed by atoms with Crippen LogP contribution in [0.25, 0.3) is 0 Å². The maximum atomic E-state index is 14.5. The zero-order chi connectivity index (χ0) is 28.6. The summed E-state index contributed by atoms with van der Waals surface area (Å²) in [4.78, 5) is 51.0. The van der Waals surface area contributed by atoms with E-state index in [4.69, 9.17) is 28.0 Å². The number of hydrogen-bond acceptors (Lipinski definition) is 5. The SMILES string of the molecule is CN(C)C(=O)ON1CCC(N(C)C(=O)N(C2CCC2)C2(Cc3cccc(Cl)c3)C(=O)Nc3cc(Cl)ccc32)CC1. The van der Waals surface area contributed by atoms with Crippen LogP contribution in [0, 0.1) is 0 Å². The molecule has 214 valence electrons. The van der Waals surface area contributed by atoms with E-state index in [1.807, 2.05) is 36.2 Å². The number of piperidine rings is 1. The maximum Gasteiger partial charge on any atom is 0.428 e. The highest BCUT2D eigenvalue weighted by Crippen LogP contribution is 2.48. The number of anilines is 1. The van der Waals surface area contributed by atoms with Crippen LogP contribution in [-0.2, 0) is 21.6 Å². The lowest BCUT2D eigenvalue weighted by Gasteiger charge is -2.50. The number of benzene rings is 2. The van der Waals surface area contributed by atoms with Crippen molar-refractivity contribution in [3.05, 3.63) is 63.6 Å². The molecule has 11 heteroatoms. The van der Waals surface area contributed by atoms with Gasteiger partial charge in [0.2, 0.25) is 0 Å². The molecule has 2 aromatic rings. The summed E-state index contributed by atoms with van der Waals surface area (Å²) in [6.45, 7) is 1.03. The lowest BCUT2D eigenvalue weighted by atomic mass is 9.79. The molecule has 1 unspecified atom stereocenters. The minimum absolute atomic E-state index is 0.0678. The Morgan fingerprint density at radius 1 is 1.00 bits per heavy atom. The Morgan fingerprint density at radius 2 is 1.70 bits per heavy atom. The molecule has 2 aromatic carbocycles. The molecule has 9 nitrogen and oxygen atoms in total. The highest BCUT2D eigenvalue weighted by molar-refractivity contribution is 6.31. The van der Waals surface area contributed by atoms with E-state index in [2.05, 4.69) is 5.32 Å². The molecule has 0 bridgehead atoms. The highest BCUT2D eigenvalue weighted by Gasteiger charge is 2.56. The molecule has 2 heterocycles. The lowest BCUT2D eigenvalue weighted by molar-refractivity contribution is -0.131. The Balaban J connectivity index is 1.47. The quantitative estimate of drug-likeness (QED) is 0.491. The summed E-state index contributed by atoms with van der Waals surface area (Å²) in [5.41, 5.74) is 0.959. The van der Waals surface area contributed by atoms with E-state index < -0.39 is 11.6 Å². The van der Waals surface area contributed by atoms with Gasteiger partial charge in [0, 0.05) is 74.0 Å². The Kier molecular flexibility index (Phi) is 8.17. The van der Waals surface area contributed by atoms with Gasteiger partial charge in [0.15, 0.2) is 5.54 Å². The van der Waals surface area contributed by atoms with Crippen LogP contribution in [-0.4, -0.2) is 84.1 Å². The fourth-order valence-corrected chi connectivity index (χ4v) is 6.27. The van der Waals surface area contributed by atoms with Gasteiger partial charge in [0.1, 0.15) is 0 Å². The van der Waals surface area contributed by atoms with Crippen molar-refractivity contribution in [2.75, 3.05) is 39.5 Å². The monoisotopic (exact) mass is 587 g/mol. The molecule has 0 spiro atoms. The van der Waals surface area contributed by atoms with Gasteiger partial charge in [-0.1, -0.05) is 41.4 Å². The van der Waals surface area contributed by atoms with Gasteiger partial charge in [0.25, 0.3) is 5.91 Å². The molecular weight excluding hydrogens is 553 g/mol. The molecule has 1 atom stereocenters. The first-order chi connectivity index (χ1) is 19.1. The highest BCUT2D eigenvalue weighted by atomic mass is 35.5. The maximum absolute atomic E-state index is 14.5. The van der Waals surface area contributed by atoms with Crippen LogP contribution < -0.4 is 5.32 Å². The number of hydrogen-bond donors (Lipinski definition) is 1. The molecule has 1 aliphatic carbocycles. The van der Waals surface area contributed by atoms with Gasteiger partial charge in [-0.2, -0.15) is 0 Å². The number of rotatable bonds is 6. The van der Waals surface area contributed by atoms with Gasteiger partial charge in [-0.25, -0.2) is 9.59 Å². The molecule has 40 heavy (non-hydrogen) atoms. The van der Waals surface area contributed by atoms with Crippen LogP contribution in [0.5, 0.6) is 0 Å². The predicted molar refractivity (Wildman–Crippen MR) is 154 cm³/mol. The fraction of sp³-hybridized carbons (Fsp3) is 0.483. The summed E-state index contributed by atoms with van der Waals surface area (Å²) >= 11 is 12.6. The second kappa shape index (κ2) is 11.5. The first kappa shape index (κ1) is 28.5. The second-order valence-electron chi connectivity index (χ2n) is 11.1. The van der Waals surface area contributed by atoms with Gasteiger partial charge in [-0.15, -0.1) is 5.06 Å². The normalized spacial score (nSPS) is 21.3. The van der Waals surface area contributed by atoms with Gasteiger partial charge in [-0.3, -0.25) is 4.79 Å². The third-order valence-electron chi connectivity index (χ3n) is 8.30. The van der Waals surface area contributed by atoms with E-state index >= 15 is 0 Å². The molecule has 1 saturated heterocycles. The van der Waals surface area contributed by atoms with Crippen molar-refractivity contribution in [1.82, 2.24) is 19.8 Å². The van der Waals surface area contributed by atoms with Crippen LogP contribution in [0.15, 0.2) is 42.5 Å². The summed E-state index contributed by atoms with van der Waals surface area (Å²) in [5.74, 6) is -0.246. The van der Waals surface area contributed by atoms with E-state index in [9.17, 15) is 14.4 Å². The summed E-state index contributed by atoms with van der Waals surface area (Å²) in [7, 11) is 5.09. The van der Waals surface area contributed by atoms with E-state index in [1.165, 1.54) is 4.90 Å². The number of hydroxylamine groups is 2. The fourth-order valence-electron chi connectivity index (χ4n) is 5.89. The van der Waals surface area contributed by atoms with Crippen molar-refractivity contribution in [1.29, 1.82) is 0 Å². The molecular formula is C29H35Cl2N5O4. The lowest BCUT2D eigenvalue weighted by Crippen LogP contribution is -2.64. The van der Waals surface area contributed by atoms with Crippen molar-refractivity contribution >= 4 is 46.9 Å². The van der Waals surface area contributed by atoms with Crippen LogP contribution in [0.1, 0.15) is 43.2 Å². The Bertz CT molecular complexity index is 1290. The summed E-state index contributed by atoms with van der Waals surface area (Å²) in [6.07, 6.45) is 3.78. The second-order valence-corrected chi connectivity index (χ2v) is 11.9. The number of fused-ring (bicyclic) bond motifs is 1. The standard InChI is InChI=1S/C29H35Cl2N5O4/c1-33(2)28(39)40-35-14-12-22(13-15-35)34(3)27(38)36(23-8-5-9-23)29(18-19-6-4-7-20(30)16-19)24-11-10-21(31)17-25(24)32-26(29)37/h4,6-7,10-11,16-17,22-23H,5,8-9,12-15,18H2,1-3H3,(H,32,37). The average Bonchev–Trinajstić information content (AvgIpc) is 3.15. The van der Waals surface area contributed by atoms with E-state index in [0.717, 1.165) is 30.4 Å². The summed E-state index contributed by atoms with van der Waals surface area (Å²) in [5, 5.41) is 5.75. The number of urea groups is 1. The van der Waals surface area contributed by atoms with Crippen molar-refractivity contribution in [3.63, 3.8) is 0 Å². The van der Waals surface area contributed by atoms with Crippen molar-refractivity contribution in [2.45, 2.75) is 56.1 Å². The van der Waals surface area contributed by atoms with Crippen molar-refractivity contribution in [2.24, 2.45) is 0 Å². The number of carbonyl (C=O) groups excluding carboxylic acids is 3. The Labute approximate surface area is 244 Å². The molecule has 2 fully saturated rings. The zero-order valence-electron chi connectivity index (χ0n) is 23.0. The van der Waals surface area contributed by atoms with E-state index in [1.54, 1.807) is 42.3 Å². The molecule has 5 rings (SSSR count). The van der Waals surface area contributed by atoms with Crippen molar-refractivity contribution in [3.8, 4) is 0 Å². The first-order valence-corrected chi connectivity index (χ1v) is 14.4. The minimum Gasteiger partial charge on any atom is -0.351 e. The van der Waals surface area contributed by atoms with Crippen LogP contribution in [0.4, 0.5) is 15.3 Å². The summed E-state index contributed by atoms with van der Waals surface area (Å²) in [6, 6.07) is 12.5. The smallest absolute Gasteiger partial charge is 0.351 e. The number of halogens is 2. The topological polar surface area (TPSA) is 85.4 Å². The van der Waals surface area contributed by atoms with Crippen LogP contribution in [0.2, 0.25) is 10.0 Å². The van der Waals surface area contributed by atoms with Crippen LogP contribution >= 0.6 is 23.2 Å². The number of carbonyl (C=O) groups is 3. The van der Waals surface area contributed by atoms with E-state index in [0.29, 0.717) is 41.7 Å². The minimum atomic E-state index is -1.26. The largest absolute Gasteiger partial charge is 0.428 e. The number of amides is 4. The molecule has 1 N–H and O–H groups in total. The van der Waals surface area contributed by atoms with E-state index in [-0.39, 0.29) is 30.4 Å². The molecule has 0 aromatic heterocycles. The van der Waals surface area contributed by atoms with Crippen molar-refractivity contribution < 1.29 is 19.2 Å². The third-order valence-corrected chi connectivity index (χ3v) is 8.77. The van der Waals surface area contributed by atoms with Gasteiger partial charge >= 0.3 is 12.1 Å². The molecule has 1 saturated carbocycles. The third kappa shape index (κ3) is 5.34.